The lowest BCUT2D eigenvalue weighted by Gasteiger charge is -2.21. The molecular weight excluding hydrogens is 369 g/mol. The average Bonchev–Trinajstić information content (AvgIpc) is 3.16. The molecule has 2 aromatic rings. The highest BCUT2D eigenvalue weighted by molar-refractivity contribution is 5.77. The number of pyridine rings is 1. The Hall–Kier alpha value is -2.41. The molecule has 0 aliphatic carbocycles. The van der Waals surface area contributed by atoms with E-state index in [-0.39, 0.29) is 24.0 Å². The molecule has 0 radical (unpaired) electrons. The smallest absolute Gasteiger partial charge is 0.370 e. The van der Waals surface area contributed by atoms with E-state index in [1.54, 1.807) is 24.1 Å². The van der Waals surface area contributed by atoms with Gasteiger partial charge >= 0.3 is 6.18 Å². The van der Waals surface area contributed by atoms with Crippen LogP contribution in [0.25, 0.3) is 0 Å². The molecular formula is C21H23F3N2O2. The number of alkyl halides is 3. The van der Waals surface area contributed by atoms with Gasteiger partial charge in [-0.25, -0.2) is 0 Å². The molecule has 1 amide bonds. The predicted octanol–water partition coefficient (Wildman–Crippen LogP) is 4.41. The minimum Gasteiger partial charge on any atom is -0.370 e. The summed E-state index contributed by atoms with van der Waals surface area (Å²) in [6.07, 6.45) is -2.05. The van der Waals surface area contributed by atoms with Gasteiger partial charge in [0.05, 0.1) is 24.0 Å². The van der Waals surface area contributed by atoms with E-state index in [0.29, 0.717) is 26.1 Å². The van der Waals surface area contributed by atoms with E-state index in [1.165, 1.54) is 12.1 Å². The average molecular weight is 392 g/mol. The minimum atomic E-state index is -4.42. The maximum atomic E-state index is 13.2. The second-order valence-electron chi connectivity index (χ2n) is 7.07. The number of halogens is 3. The third-order valence-electron chi connectivity index (χ3n) is 4.97. The molecule has 1 aliphatic rings. The van der Waals surface area contributed by atoms with E-state index in [2.05, 4.69) is 4.98 Å². The Morgan fingerprint density at radius 1 is 1.25 bits per heavy atom. The molecule has 1 fully saturated rings. The van der Waals surface area contributed by atoms with E-state index in [0.717, 1.165) is 11.8 Å². The van der Waals surface area contributed by atoms with Gasteiger partial charge < -0.3 is 9.64 Å². The summed E-state index contributed by atoms with van der Waals surface area (Å²) in [5.41, 5.74) is 0.309. The van der Waals surface area contributed by atoms with Crippen LogP contribution in [0.3, 0.4) is 0 Å². The van der Waals surface area contributed by atoms with Crippen LogP contribution >= 0.6 is 0 Å². The summed E-state index contributed by atoms with van der Waals surface area (Å²) in [5.74, 6) is -0.660. The van der Waals surface area contributed by atoms with Gasteiger partial charge in [-0.3, -0.25) is 9.78 Å². The number of nitrogens with zero attached hydrogens (tertiary/aromatic N) is 2. The van der Waals surface area contributed by atoms with Crippen LogP contribution in [0.5, 0.6) is 0 Å². The van der Waals surface area contributed by atoms with E-state index in [1.807, 2.05) is 18.2 Å². The number of likely N-dealkylation sites (tertiary alicyclic amines) is 1. The minimum absolute atomic E-state index is 0.0417. The van der Waals surface area contributed by atoms with E-state index < -0.39 is 17.7 Å². The molecule has 2 heterocycles. The van der Waals surface area contributed by atoms with Gasteiger partial charge in [0.2, 0.25) is 5.91 Å². The fraction of sp³-hybridized carbons (Fsp3) is 0.429. The summed E-state index contributed by atoms with van der Waals surface area (Å²) >= 11 is 0. The van der Waals surface area contributed by atoms with Crippen molar-refractivity contribution in [3.05, 3.63) is 65.5 Å². The Morgan fingerprint density at radius 3 is 2.71 bits per heavy atom. The number of ether oxygens (including phenoxy) is 1. The van der Waals surface area contributed by atoms with Gasteiger partial charge in [0.25, 0.3) is 0 Å². The summed E-state index contributed by atoms with van der Waals surface area (Å²) in [6, 6.07) is 11.0. The lowest BCUT2D eigenvalue weighted by molar-refractivity contribution is -0.139. The number of hydrogen-bond acceptors (Lipinski definition) is 3. The largest absolute Gasteiger partial charge is 0.416 e. The zero-order chi connectivity index (χ0) is 20.1. The van der Waals surface area contributed by atoms with Crippen LogP contribution in [0.2, 0.25) is 0 Å². The molecule has 1 aromatic heterocycles. The second-order valence-corrected chi connectivity index (χ2v) is 7.07. The standard InChI is InChI=1S/C21H23F3N2O2/c1-15(18-7-2-3-8-19(18)21(22,23)24)12-20(27)26-11-9-17(13-26)28-14-16-6-4-5-10-25-16/h2-8,10,15,17H,9,11-14H2,1H3/t15-,17+/m0/s1. The summed E-state index contributed by atoms with van der Waals surface area (Å²) in [7, 11) is 0. The van der Waals surface area contributed by atoms with Crippen molar-refractivity contribution in [1.29, 1.82) is 0 Å². The molecule has 0 bridgehead atoms. The molecule has 0 N–H and O–H groups in total. The summed E-state index contributed by atoms with van der Waals surface area (Å²) in [4.78, 5) is 18.5. The van der Waals surface area contributed by atoms with Crippen molar-refractivity contribution in [3.8, 4) is 0 Å². The molecule has 150 valence electrons. The van der Waals surface area contributed by atoms with Gasteiger partial charge in [0.1, 0.15) is 0 Å². The van der Waals surface area contributed by atoms with Crippen LogP contribution in [-0.2, 0) is 22.3 Å². The van der Waals surface area contributed by atoms with Gasteiger partial charge in [-0.1, -0.05) is 31.2 Å². The van der Waals surface area contributed by atoms with Gasteiger partial charge in [-0.15, -0.1) is 0 Å². The number of carbonyl (C=O) groups excluding carboxylic acids is 1. The topological polar surface area (TPSA) is 42.4 Å². The lowest BCUT2D eigenvalue weighted by atomic mass is 9.92. The van der Waals surface area contributed by atoms with Crippen LogP contribution in [-0.4, -0.2) is 35.0 Å². The first-order valence-corrected chi connectivity index (χ1v) is 9.30. The van der Waals surface area contributed by atoms with Crippen molar-refractivity contribution >= 4 is 5.91 Å². The molecule has 2 atom stereocenters. The molecule has 1 aliphatic heterocycles. The molecule has 0 saturated carbocycles. The number of amides is 1. The van der Waals surface area contributed by atoms with Crippen LogP contribution in [0, 0.1) is 0 Å². The Balaban J connectivity index is 1.54. The van der Waals surface area contributed by atoms with Gasteiger partial charge in [-0.05, 0) is 36.1 Å². The fourth-order valence-electron chi connectivity index (χ4n) is 3.46. The SMILES string of the molecule is C[C@@H](CC(=O)N1CC[C@@H](OCc2ccccn2)C1)c1ccccc1C(F)(F)F. The first-order valence-electron chi connectivity index (χ1n) is 9.30. The molecule has 0 unspecified atom stereocenters. The monoisotopic (exact) mass is 392 g/mol. The quantitative estimate of drug-likeness (QED) is 0.731. The van der Waals surface area contributed by atoms with Crippen molar-refractivity contribution in [2.75, 3.05) is 13.1 Å². The first kappa shape index (κ1) is 20.3. The number of benzene rings is 1. The normalized spacial score (nSPS) is 18.3. The molecule has 1 saturated heterocycles. The van der Waals surface area contributed by atoms with E-state index >= 15 is 0 Å². The summed E-state index contributed by atoms with van der Waals surface area (Å²) < 4.78 is 45.4. The maximum absolute atomic E-state index is 13.2. The molecule has 1 aromatic carbocycles. The highest BCUT2D eigenvalue weighted by Crippen LogP contribution is 2.36. The van der Waals surface area contributed by atoms with Crippen LogP contribution in [0.15, 0.2) is 48.7 Å². The van der Waals surface area contributed by atoms with Crippen molar-refractivity contribution in [1.82, 2.24) is 9.88 Å². The van der Waals surface area contributed by atoms with Crippen LogP contribution in [0.1, 0.15) is 42.5 Å². The Bertz CT molecular complexity index is 796. The van der Waals surface area contributed by atoms with E-state index in [4.69, 9.17) is 4.74 Å². The third kappa shape index (κ3) is 5.10. The summed E-state index contributed by atoms with van der Waals surface area (Å²) in [6.45, 7) is 3.05. The lowest BCUT2D eigenvalue weighted by Crippen LogP contribution is -2.31. The molecule has 3 rings (SSSR count). The fourth-order valence-corrected chi connectivity index (χ4v) is 3.46. The molecule has 28 heavy (non-hydrogen) atoms. The Labute approximate surface area is 162 Å². The summed E-state index contributed by atoms with van der Waals surface area (Å²) in [5, 5.41) is 0. The Morgan fingerprint density at radius 2 is 2.00 bits per heavy atom. The zero-order valence-corrected chi connectivity index (χ0v) is 15.7. The number of rotatable bonds is 6. The maximum Gasteiger partial charge on any atom is 0.416 e. The molecule has 4 nitrogen and oxygen atoms in total. The number of carbonyl (C=O) groups is 1. The van der Waals surface area contributed by atoms with Crippen LogP contribution < -0.4 is 0 Å². The van der Waals surface area contributed by atoms with Crippen molar-refractivity contribution in [2.24, 2.45) is 0 Å². The third-order valence-corrected chi connectivity index (χ3v) is 4.97. The number of aromatic nitrogens is 1. The second kappa shape index (κ2) is 8.73. The van der Waals surface area contributed by atoms with Crippen molar-refractivity contribution < 1.29 is 22.7 Å². The zero-order valence-electron chi connectivity index (χ0n) is 15.7. The first-order chi connectivity index (χ1) is 13.3. The van der Waals surface area contributed by atoms with E-state index in [9.17, 15) is 18.0 Å². The highest BCUT2D eigenvalue weighted by atomic mass is 19.4. The number of hydrogen-bond donors (Lipinski definition) is 0. The van der Waals surface area contributed by atoms with Gasteiger partial charge in [-0.2, -0.15) is 13.2 Å². The van der Waals surface area contributed by atoms with Gasteiger partial charge in [0, 0.05) is 25.7 Å². The van der Waals surface area contributed by atoms with Crippen molar-refractivity contribution in [3.63, 3.8) is 0 Å². The molecule has 7 heteroatoms. The predicted molar refractivity (Wildman–Crippen MR) is 98.5 cm³/mol. The van der Waals surface area contributed by atoms with Gasteiger partial charge in [0.15, 0.2) is 0 Å². The Kier molecular flexibility index (Phi) is 6.34. The van der Waals surface area contributed by atoms with Crippen molar-refractivity contribution in [2.45, 2.75) is 44.6 Å². The van der Waals surface area contributed by atoms with Crippen LogP contribution in [0.4, 0.5) is 13.2 Å². The highest BCUT2D eigenvalue weighted by Gasteiger charge is 2.35. The molecule has 0 spiro atoms.